The lowest BCUT2D eigenvalue weighted by Crippen LogP contribution is -2.22. The molecule has 0 bridgehead atoms. The average molecular weight is 236 g/mol. The van der Waals surface area contributed by atoms with Crippen LogP contribution in [0.4, 0.5) is 11.4 Å². The number of methoxy groups -OCH3 is 1. The number of aromatic carboxylic acids is 1. The number of carbonyl (C=O) groups is 1. The quantitative estimate of drug-likeness (QED) is 0.771. The van der Waals surface area contributed by atoms with Crippen molar-refractivity contribution in [3.8, 4) is 0 Å². The van der Waals surface area contributed by atoms with E-state index in [4.69, 9.17) is 15.6 Å². The van der Waals surface area contributed by atoms with Crippen LogP contribution >= 0.6 is 0 Å². The minimum absolute atomic E-state index is 0.156. The summed E-state index contributed by atoms with van der Waals surface area (Å²) in [5.74, 6) is -0.994. The molecule has 0 saturated carbocycles. The first-order valence-electron chi connectivity index (χ1n) is 5.52. The molecule has 1 heterocycles. The van der Waals surface area contributed by atoms with Gasteiger partial charge in [-0.15, -0.1) is 0 Å². The van der Waals surface area contributed by atoms with Crippen LogP contribution in [0, 0.1) is 0 Å². The van der Waals surface area contributed by atoms with E-state index in [-0.39, 0.29) is 11.7 Å². The lowest BCUT2D eigenvalue weighted by molar-refractivity contribution is 0.0698. The minimum Gasteiger partial charge on any atom is -0.478 e. The molecular formula is C12H16N2O3. The summed E-state index contributed by atoms with van der Waals surface area (Å²) in [6.45, 7) is 1.67. The van der Waals surface area contributed by atoms with E-state index in [9.17, 15) is 4.79 Å². The molecule has 1 aromatic rings. The van der Waals surface area contributed by atoms with Crippen LogP contribution in [0.25, 0.3) is 0 Å². The summed E-state index contributed by atoms with van der Waals surface area (Å²) in [5.41, 5.74) is 6.95. The van der Waals surface area contributed by atoms with Gasteiger partial charge in [-0.3, -0.25) is 0 Å². The van der Waals surface area contributed by atoms with E-state index >= 15 is 0 Å². The third-order valence-electron chi connectivity index (χ3n) is 3.11. The molecule has 17 heavy (non-hydrogen) atoms. The lowest BCUT2D eigenvalue weighted by atomic mass is 10.1. The molecule has 5 nitrogen and oxygen atoms in total. The number of hydrogen-bond donors (Lipinski definition) is 2. The monoisotopic (exact) mass is 236 g/mol. The van der Waals surface area contributed by atoms with Crippen LogP contribution < -0.4 is 10.6 Å². The van der Waals surface area contributed by atoms with Crippen molar-refractivity contribution < 1.29 is 14.6 Å². The number of nitrogen functional groups attached to an aromatic ring is 1. The third-order valence-corrected chi connectivity index (χ3v) is 3.11. The number of rotatable bonds is 3. The van der Waals surface area contributed by atoms with Gasteiger partial charge < -0.3 is 20.5 Å². The van der Waals surface area contributed by atoms with E-state index in [0.717, 1.165) is 25.2 Å². The first-order valence-corrected chi connectivity index (χ1v) is 5.52. The predicted molar refractivity (Wildman–Crippen MR) is 65.4 cm³/mol. The highest BCUT2D eigenvalue weighted by Gasteiger charge is 2.23. The molecule has 1 aliphatic rings. The van der Waals surface area contributed by atoms with Crippen LogP contribution in [0.15, 0.2) is 18.2 Å². The van der Waals surface area contributed by atoms with Crippen molar-refractivity contribution in [1.82, 2.24) is 0 Å². The van der Waals surface area contributed by atoms with Crippen LogP contribution in [0.2, 0.25) is 0 Å². The zero-order valence-electron chi connectivity index (χ0n) is 9.72. The van der Waals surface area contributed by atoms with Gasteiger partial charge in [0.15, 0.2) is 0 Å². The Morgan fingerprint density at radius 1 is 1.59 bits per heavy atom. The van der Waals surface area contributed by atoms with Gasteiger partial charge in [0, 0.05) is 31.6 Å². The Morgan fingerprint density at radius 3 is 2.94 bits per heavy atom. The van der Waals surface area contributed by atoms with E-state index in [0.29, 0.717) is 5.69 Å². The summed E-state index contributed by atoms with van der Waals surface area (Å²) >= 11 is 0. The van der Waals surface area contributed by atoms with Crippen LogP contribution in [0.5, 0.6) is 0 Å². The highest BCUT2D eigenvalue weighted by Crippen LogP contribution is 2.25. The van der Waals surface area contributed by atoms with Crippen LogP contribution in [0.1, 0.15) is 16.8 Å². The topological polar surface area (TPSA) is 75.8 Å². The summed E-state index contributed by atoms with van der Waals surface area (Å²) in [6.07, 6.45) is 1.18. The maximum Gasteiger partial charge on any atom is 0.337 e. The maximum atomic E-state index is 11.0. The fraction of sp³-hybridized carbons (Fsp3) is 0.417. The van der Waals surface area contributed by atoms with Gasteiger partial charge in [-0.25, -0.2) is 4.79 Å². The van der Waals surface area contributed by atoms with E-state index < -0.39 is 5.97 Å². The second-order valence-electron chi connectivity index (χ2n) is 4.17. The summed E-state index contributed by atoms with van der Waals surface area (Å²) in [4.78, 5) is 13.1. The molecular weight excluding hydrogens is 220 g/mol. The van der Waals surface area contributed by atoms with Crippen molar-refractivity contribution in [3.05, 3.63) is 23.8 Å². The van der Waals surface area contributed by atoms with Gasteiger partial charge in [-0.2, -0.15) is 0 Å². The highest BCUT2D eigenvalue weighted by molar-refractivity contribution is 5.94. The number of benzene rings is 1. The average Bonchev–Trinajstić information content (AvgIpc) is 2.78. The fourth-order valence-electron chi connectivity index (χ4n) is 2.08. The van der Waals surface area contributed by atoms with Crippen LogP contribution in [-0.2, 0) is 4.74 Å². The Labute approximate surface area is 99.8 Å². The van der Waals surface area contributed by atoms with Gasteiger partial charge >= 0.3 is 5.97 Å². The molecule has 2 rings (SSSR count). The van der Waals surface area contributed by atoms with Gasteiger partial charge in [-0.05, 0) is 24.6 Å². The molecule has 1 atom stereocenters. The first-order chi connectivity index (χ1) is 8.11. The van der Waals surface area contributed by atoms with Gasteiger partial charge in [-0.1, -0.05) is 0 Å². The van der Waals surface area contributed by atoms with E-state index in [1.54, 1.807) is 19.2 Å². The van der Waals surface area contributed by atoms with E-state index in [2.05, 4.69) is 4.90 Å². The molecule has 0 aliphatic carbocycles. The zero-order chi connectivity index (χ0) is 12.4. The SMILES string of the molecule is COC1CCN(c2ccc(N)c(C(=O)O)c2)C1. The second kappa shape index (κ2) is 4.63. The number of hydrogen-bond acceptors (Lipinski definition) is 4. The zero-order valence-corrected chi connectivity index (χ0v) is 9.72. The molecule has 1 unspecified atom stereocenters. The van der Waals surface area contributed by atoms with Gasteiger partial charge in [0.05, 0.1) is 11.7 Å². The molecule has 5 heteroatoms. The van der Waals surface area contributed by atoms with Gasteiger partial charge in [0.25, 0.3) is 0 Å². The smallest absolute Gasteiger partial charge is 0.337 e. The van der Waals surface area contributed by atoms with Crippen molar-refractivity contribution in [2.24, 2.45) is 0 Å². The molecule has 1 saturated heterocycles. The Kier molecular flexibility index (Phi) is 3.19. The van der Waals surface area contributed by atoms with Crippen molar-refractivity contribution in [2.75, 3.05) is 30.8 Å². The van der Waals surface area contributed by atoms with Crippen molar-refractivity contribution >= 4 is 17.3 Å². The molecule has 1 aliphatic heterocycles. The first kappa shape index (κ1) is 11.7. The van der Waals surface area contributed by atoms with Gasteiger partial charge in [0.2, 0.25) is 0 Å². The van der Waals surface area contributed by atoms with Crippen LogP contribution in [-0.4, -0.2) is 37.4 Å². The minimum atomic E-state index is -0.994. The normalized spacial score (nSPS) is 19.6. The maximum absolute atomic E-state index is 11.0. The number of ether oxygens (including phenoxy) is 1. The molecule has 1 fully saturated rings. The van der Waals surface area contributed by atoms with Gasteiger partial charge in [0.1, 0.15) is 0 Å². The van der Waals surface area contributed by atoms with E-state index in [1.165, 1.54) is 0 Å². The predicted octanol–water partition coefficient (Wildman–Crippen LogP) is 1.19. The molecule has 0 amide bonds. The number of nitrogens with two attached hydrogens (primary N) is 1. The number of carboxylic acids is 1. The summed E-state index contributed by atoms with van der Waals surface area (Å²) in [6, 6.07) is 5.11. The summed E-state index contributed by atoms with van der Waals surface area (Å²) in [5, 5.41) is 9.01. The van der Waals surface area contributed by atoms with Crippen LogP contribution in [0.3, 0.4) is 0 Å². The number of carboxylic acid groups (broad SMARTS) is 1. The van der Waals surface area contributed by atoms with E-state index in [1.807, 2.05) is 6.07 Å². The fourth-order valence-corrected chi connectivity index (χ4v) is 2.08. The lowest BCUT2D eigenvalue weighted by Gasteiger charge is -2.19. The third kappa shape index (κ3) is 2.34. The Bertz CT molecular complexity index is 434. The Morgan fingerprint density at radius 2 is 2.35 bits per heavy atom. The molecule has 0 spiro atoms. The molecule has 1 aromatic carbocycles. The number of nitrogens with zero attached hydrogens (tertiary/aromatic N) is 1. The summed E-state index contributed by atoms with van der Waals surface area (Å²) < 4.78 is 5.28. The van der Waals surface area contributed by atoms with Crippen molar-refractivity contribution in [3.63, 3.8) is 0 Å². The molecule has 0 radical (unpaired) electrons. The highest BCUT2D eigenvalue weighted by atomic mass is 16.5. The number of anilines is 2. The summed E-state index contributed by atoms with van der Waals surface area (Å²) in [7, 11) is 1.69. The largest absolute Gasteiger partial charge is 0.478 e. The second-order valence-corrected chi connectivity index (χ2v) is 4.17. The molecule has 92 valence electrons. The Balaban J connectivity index is 2.22. The molecule has 3 N–H and O–H groups in total. The standard InChI is InChI=1S/C12H16N2O3/c1-17-9-4-5-14(7-9)8-2-3-11(13)10(6-8)12(15)16/h2-3,6,9H,4-5,7,13H2,1H3,(H,15,16). The van der Waals surface area contributed by atoms with Crippen molar-refractivity contribution in [2.45, 2.75) is 12.5 Å². The Hall–Kier alpha value is -1.75. The molecule has 0 aromatic heterocycles. The van der Waals surface area contributed by atoms with Crippen molar-refractivity contribution in [1.29, 1.82) is 0 Å².